The first-order chi connectivity index (χ1) is 3.18. The van der Waals surface area contributed by atoms with Gasteiger partial charge in [-0.25, -0.2) is 0 Å². The minimum atomic E-state index is -0.194. The van der Waals surface area contributed by atoms with Gasteiger partial charge in [-0.2, -0.15) is 0 Å². The molecular weight excluding hydrogens is 144 g/mol. The van der Waals surface area contributed by atoms with Crippen LogP contribution in [-0.2, 0) is 30.4 Å². The summed E-state index contributed by atoms with van der Waals surface area (Å²) in [6.45, 7) is 4.21. The number of hydrogen-bond acceptors (Lipinski definition) is 3. The van der Waals surface area contributed by atoms with Crippen molar-refractivity contribution < 1.29 is 0 Å². The van der Waals surface area contributed by atoms with Gasteiger partial charge in [0.25, 0.3) is 0 Å². The molecule has 0 rings (SSSR count). The molecule has 0 aromatic rings. The van der Waals surface area contributed by atoms with Crippen LogP contribution in [0.2, 0.25) is 0 Å². The Morgan fingerprint density at radius 1 is 1.57 bits per heavy atom. The second kappa shape index (κ2) is 3.75. The van der Waals surface area contributed by atoms with Gasteiger partial charge < -0.3 is 8.01 Å². The zero-order valence-electron chi connectivity index (χ0n) is 4.51. The first-order valence-corrected chi connectivity index (χ1v) is 5.40. The van der Waals surface area contributed by atoms with E-state index in [-0.39, 0.29) is 8.01 Å². The second-order valence-corrected chi connectivity index (χ2v) is 5.59. The maximum absolute atomic E-state index is 4.84. The van der Waals surface area contributed by atoms with E-state index in [0.29, 0.717) is 5.25 Å². The van der Waals surface area contributed by atoms with Crippen molar-refractivity contribution >= 4 is 30.4 Å². The zero-order chi connectivity index (χ0) is 5.86. The van der Waals surface area contributed by atoms with Gasteiger partial charge in [-0.3, -0.25) is 22.4 Å². The average Bonchev–Trinajstić information content (AvgIpc) is 1.65. The Kier molecular flexibility index (Phi) is 4.17. The summed E-state index contributed by atoms with van der Waals surface area (Å²) < 4.78 is 0. The molecule has 0 amide bonds. The highest BCUT2D eigenvalue weighted by molar-refractivity contribution is 8.46. The van der Waals surface area contributed by atoms with E-state index < -0.39 is 0 Å². The van der Waals surface area contributed by atoms with E-state index in [9.17, 15) is 0 Å². The molecule has 0 heterocycles. The van der Waals surface area contributed by atoms with Crippen LogP contribution in [-0.4, -0.2) is 5.25 Å². The predicted molar refractivity (Wildman–Crippen MR) is 41.8 cm³/mol. The Hall–Kier alpha value is 0.790. The first-order valence-electron chi connectivity index (χ1n) is 2.26. The monoisotopic (exact) mass is 153 g/mol. The van der Waals surface area contributed by atoms with E-state index in [1.54, 1.807) is 0 Å². The molecular formula is C4H9S3-. The van der Waals surface area contributed by atoms with Gasteiger partial charge in [0, 0.05) is 0 Å². The number of rotatable bonds is 2. The van der Waals surface area contributed by atoms with Crippen molar-refractivity contribution in [3.05, 3.63) is 0 Å². The molecule has 0 unspecified atom stereocenters. The summed E-state index contributed by atoms with van der Waals surface area (Å²) in [4.78, 5) is 0. The van der Waals surface area contributed by atoms with Crippen LogP contribution in [0.3, 0.4) is 0 Å². The summed E-state index contributed by atoms with van der Waals surface area (Å²) in [7, 11) is -0.194. The van der Waals surface area contributed by atoms with Crippen LogP contribution >= 0.6 is 0 Å². The van der Waals surface area contributed by atoms with Crippen molar-refractivity contribution in [2.75, 3.05) is 0 Å². The topological polar surface area (TPSA) is 0 Å². The average molecular weight is 153 g/mol. The zero-order valence-corrected chi connectivity index (χ0v) is 6.96. The Bertz CT molecular complexity index is 95.5. The van der Waals surface area contributed by atoms with E-state index >= 15 is 0 Å². The lowest BCUT2D eigenvalue weighted by Crippen LogP contribution is -1.97. The van der Waals surface area contributed by atoms with E-state index in [1.807, 2.05) is 0 Å². The molecule has 7 heavy (non-hydrogen) atoms. The van der Waals surface area contributed by atoms with Gasteiger partial charge in [0.15, 0.2) is 0 Å². The molecule has 0 nitrogen and oxygen atoms in total. The summed E-state index contributed by atoms with van der Waals surface area (Å²) in [6.07, 6.45) is 1.12. The summed E-state index contributed by atoms with van der Waals surface area (Å²) in [6, 6.07) is 0. The predicted octanol–water partition coefficient (Wildman–Crippen LogP) is 1.33. The molecule has 0 aromatic heterocycles. The molecule has 0 saturated heterocycles. The fourth-order valence-corrected chi connectivity index (χ4v) is 1.22. The molecule has 0 saturated carbocycles. The van der Waals surface area contributed by atoms with Gasteiger partial charge in [0.05, 0.1) is 0 Å². The van der Waals surface area contributed by atoms with E-state index in [4.69, 9.17) is 22.4 Å². The molecule has 0 bridgehead atoms. The minimum Gasteiger partial charge on any atom is -0.344 e. The lowest BCUT2D eigenvalue weighted by atomic mass is 10.4. The van der Waals surface area contributed by atoms with Crippen molar-refractivity contribution in [2.45, 2.75) is 25.5 Å². The fourth-order valence-electron chi connectivity index (χ4n) is 0.136. The first kappa shape index (κ1) is 7.79. The van der Waals surface area contributed by atoms with Crippen molar-refractivity contribution in [1.82, 2.24) is 0 Å². The summed E-state index contributed by atoms with van der Waals surface area (Å²) in [5, 5.41) is 0.560. The number of hydrogen-bond donors (Lipinski definition) is 0. The Morgan fingerprint density at radius 2 is 2.00 bits per heavy atom. The van der Waals surface area contributed by atoms with Crippen molar-refractivity contribution in [1.29, 1.82) is 0 Å². The van der Waals surface area contributed by atoms with Gasteiger partial charge in [0.1, 0.15) is 0 Å². The maximum Gasteiger partial charge on any atom is -0.0668 e. The lowest BCUT2D eigenvalue weighted by molar-refractivity contribution is 0.910. The molecule has 0 radical (unpaired) electrons. The third-order valence-corrected chi connectivity index (χ3v) is 3.87. The third-order valence-electron chi connectivity index (χ3n) is 0.903. The van der Waals surface area contributed by atoms with Crippen molar-refractivity contribution in [3.8, 4) is 0 Å². The highest BCUT2D eigenvalue weighted by atomic mass is 33.1. The molecule has 44 valence electrons. The molecule has 0 aliphatic rings. The van der Waals surface area contributed by atoms with E-state index in [0.717, 1.165) is 6.42 Å². The fraction of sp³-hybridized carbons (Fsp3) is 1.00. The van der Waals surface area contributed by atoms with Crippen LogP contribution in [0.25, 0.3) is 0 Å². The Balaban J connectivity index is 3.57. The van der Waals surface area contributed by atoms with E-state index in [1.165, 1.54) is 0 Å². The van der Waals surface area contributed by atoms with Crippen LogP contribution in [0.4, 0.5) is 0 Å². The largest absolute Gasteiger partial charge is 0.344 e. The minimum absolute atomic E-state index is 0.194. The molecule has 0 aliphatic heterocycles. The van der Waals surface area contributed by atoms with Crippen molar-refractivity contribution in [3.63, 3.8) is 0 Å². The summed E-state index contributed by atoms with van der Waals surface area (Å²) in [5.41, 5.74) is 0. The second-order valence-electron chi connectivity index (χ2n) is 1.48. The van der Waals surface area contributed by atoms with Crippen LogP contribution in [0, 0.1) is 0 Å². The third kappa shape index (κ3) is 3.38. The summed E-state index contributed by atoms with van der Waals surface area (Å²) in [5.74, 6) is 0. The van der Waals surface area contributed by atoms with Crippen LogP contribution in [0.15, 0.2) is 0 Å². The molecule has 0 N–H and O–H groups in total. The van der Waals surface area contributed by atoms with Crippen LogP contribution in [0.5, 0.6) is 0 Å². The normalized spacial score (nSPS) is 14.7. The maximum atomic E-state index is 4.84. The molecule has 0 aromatic carbocycles. The highest BCUT2D eigenvalue weighted by Crippen LogP contribution is 1.91. The molecule has 1 atom stereocenters. The van der Waals surface area contributed by atoms with Crippen molar-refractivity contribution in [2.24, 2.45) is 0 Å². The van der Waals surface area contributed by atoms with E-state index in [2.05, 4.69) is 13.8 Å². The molecule has 0 aliphatic carbocycles. The van der Waals surface area contributed by atoms with Gasteiger partial charge in [0.2, 0.25) is 0 Å². The smallest absolute Gasteiger partial charge is 0.0668 e. The molecule has 0 spiro atoms. The van der Waals surface area contributed by atoms with Gasteiger partial charge >= 0.3 is 0 Å². The van der Waals surface area contributed by atoms with Gasteiger partial charge in [-0.1, -0.05) is 20.3 Å². The van der Waals surface area contributed by atoms with Crippen LogP contribution in [0.1, 0.15) is 20.3 Å². The SMILES string of the molecule is CC[C@@H](C)[S-](=S)=S. The molecule has 0 fully saturated rings. The lowest BCUT2D eigenvalue weighted by Gasteiger charge is -2.09. The molecule has 3 heteroatoms. The highest BCUT2D eigenvalue weighted by Gasteiger charge is 1.79. The van der Waals surface area contributed by atoms with Crippen LogP contribution < -0.4 is 0 Å². The quantitative estimate of drug-likeness (QED) is 0.549. The van der Waals surface area contributed by atoms with Gasteiger partial charge in [-0.15, -0.1) is 5.25 Å². The summed E-state index contributed by atoms with van der Waals surface area (Å²) >= 11 is 9.69. The Morgan fingerprint density at radius 3 is 2.00 bits per heavy atom. The Labute approximate surface area is 56.1 Å². The van der Waals surface area contributed by atoms with Gasteiger partial charge in [-0.05, 0) is 0 Å². The standard InChI is InChI=1S/C4H9S3/c1-3-4(2)7(5)6/h4H,3H2,1-2H3/q-1/t4-/m1/s1.